The third-order valence-electron chi connectivity index (χ3n) is 4.58. The van der Waals surface area contributed by atoms with Crippen LogP contribution in [0.3, 0.4) is 0 Å². The van der Waals surface area contributed by atoms with Crippen molar-refractivity contribution in [3.63, 3.8) is 0 Å². The van der Waals surface area contributed by atoms with E-state index in [2.05, 4.69) is 32.3 Å². The molecule has 1 fully saturated rings. The van der Waals surface area contributed by atoms with Crippen LogP contribution in [-0.4, -0.2) is 47.2 Å². The first-order valence-corrected chi connectivity index (χ1v) is 9.14. The summed E-state index contributed by atoms with van der Waals surface area (Å²) in [4.78, 5) is 21.8. The molecule has 1 aliphatic rings. The second kappa shape index (κ2) is 6.75. The van der Waals surface area contributed by atoms with Gasteiger partial charge in [-0.2, -0.15) is 0 Å². The molecule has 3 heterocycles. The number of anilines is 1. The minimum atomic E-state index is 0.0535. The monoisotopic (exact) mass is 340 g/mol. The third-order valence-corrected chi connectivity index (χ3v) is 5.51. The van der Waals surface area contributed by atoms with E-state index in [0.29, 0.717) is 11.9 Å². The Morgan fingerprint density at radius 3 is 2.62 bits per heavy atom. The summed E-state index contributed by atoms with van der Waals surface area (Å²) >= 11 is 1.80. The van der Waals surface area contributed by atoms with Gasteiger partial charge >= 0.3 is 0 Å². The Kier molecular flexibility index (Phi) is 4.32. The summed E-state index contributed by atoms with van der Waals surface area (Å²) in [5.41, 5.74) is 0.820. The number of thiophene rings is 1. The van der Waals surface area contributed by atoms with Crippen LogP contribution in [0.1, 0.15) is 0 Å². The molecule has 0 radical (unpaired) electrons. The van der Waals surface area contributed by atoms with Crippen molar-refractivity contribution in [2.24, 2.45) is 0 Å². The lowest BCUT2D eigenvalue weighted by Gasteiger charge is -2.35. The fraction of sp³-hybridized carbons (Fsp3) is 0.333. The average Bonchev–Trinajstić information content (AvgIpc) is 3.17. The normalized spacial score (nSPS) is 15.9. The van der Waals surface area contributed by atoms with Crippen molar-refractivity contribution in [1.29, 1.82) is 0 Å². The molecule has 1 saturated heterocycles. The van der Waals surface area contributed by atoms with Crippen molar-refractivity contribution in [1.82, 2.24) is 14.5 Å². The Bertz CT molecular complexity index is 866. The van der Waals surface area contributed by atoms with Gasteiger partial charge in [-0.3, -0.25) is 14.3 Å². The van der Waals surface area contributed by atoms with Gasteiger partial charge in [0.25, 0.3) is 5.56 Å². The number of hydrogen-bond donors (Lipinski definition) is 0. The van der Waals surface area contributed by atoms with E-state index in [1.807, 2.05) is 24.3 Å². The fourth-order valence-electron chi connectivity index (χ4n) is 3.16. The highest BCUT2D eigenvalue weighted by Gasteiger charge is 2.17. The highest BCUT2D eigenvalue weighted by atomic mass is 32.1. The first kappa shape index (κ1) is 15.4. The molecule has 0 aliphatic carbocycles. The lowest BCUT2D eigenvalue weighted by Crippen LogP contribution is -2.47. The summed E-state index contributed by atoms with van der Waals surface area (Å²) in [6.45, 7) is 5.74. The quantitative estimate of drug-likeness (QED) is 0.731. The Labute approximate surface area is 144 Å². The van der Waals surface area contributed by atoms with Gasteiger partial charge in [0.05, 0.1) is 22.2 Å². The summed E-state index contributed by atoms with van der Waals surface area (Å²) in [5, 5.41) is 4.17. The van der Waals surface area contributed by atoms with E-state index in [1.54, 1.807) is 22.2 Å². The summed E-state index contributed by atoms with van der Waals surface area (Å²) in [7, 11) is 0. The van der Waals surface area contributed by atoms with Crippen molar-refractivity contribution < 1.29 is 0 Å². The average molecular weight is 340 g/mol. The summed E-state index contributed by atoms with van der Waals surface area (Å²) < 4.78 is 1.73. The molecule has 124 valence electrons. The number of fused-ring (bicyclic) bond motifs is 1. The van der Waals surface area contributed by atoms with Crippen molar-refractivity contribution in [2.45, 2.75) is 6.54 Å². The van der Waals surface area contributed by atoms with E-state index in [1.165, 1.54) is 5.00 Å². The molecular formula is C18H20N4OS. The third kappa shape index (κ3) is 3.07. The number of aromatic nitrogens is 2. The number of rotatable bonds is 4. The van der Waals surface area contributed by atoms with Gasteiger partial charge in [0.15, 0.2) is 0 Å². The maximum Gasteiger partial charge on any atom is 0.261 e. The minimum absolute atomic E-state index is 0.0535. The molecule has 0 saturated carbocycles. The zero-order valence-electron chi connectivity index (χ0n) is 13.5. The van der Waals surface area contributed by atoms with E-state index in [9.17, 15) is 4.79 Å². The Balaban J connectivity index is 1.38. The smallest absolute Gasteiger partial charge is 0.261 e. The van der Waals surface area contributed by atoms with E-state index in [-0.39, 0.29) is 5.56 Å². The maximum absolute atomic E-state index is 12.5. The van der Waals surface area contributed by atoms with Crippen molar-refractivity contribution >= 4 is 27.2 Å². The van der Waals surface area contributed by atoms with Gasteiger partial charge in [-0.15, -0.1) is 11.3 Å². The van der Waals surface area contributed by atoms with Gasteiger partial charge in [-0.05, 0) is 29.6 Å². The van der Waals surface area contributed by atoms with Crippen molar-refractivity contribution in [3.8, 4) is 0 Å². The Morgan fingerprint density at radius 2 is 1.83 bits per heavy atom. The van der Waals surface area contributed by atoms with Crippen LogP contribution in [0.25, 0.3) is 10.9 Å². The van der Waals surface area contributed by atoms with E-state index in [0.717, 1.165) is 38.2 Å². The summed E-state index contributed by atoms with van der Waals surface area (Å²) in [6, 6.07) is 11.8. The summed E-state index contributed by atoms with van der Waals surface area (Å²) in [6.07, 6.45) is 1.67. The maximum atomic E-state index is 12.5. The van der Waals surface area contributed by atoms with Crippen LogP contribution in [0.2, 0.25) is 0 Å². The zero-order valence-corrected chi connectivity index (χ0v) is 14.3. The lowest BCUT2D eigenvalue weighted by atomic mass is 10.2. The highest BCUT2D eigenvalue weighted by molar-refractivity contribution is 7.14. The second-order valence-corrected chi connectivity index (χ2v) is 6.97. The molecule has 3 aromatic rings. The molecule has 0 spiro atoms. The molecule has 0 atom stereocenters. The van der Waals surface area contributed by atoms with Crippen LogP contribution < -0.4 is 10.5 Å². The molecule has 0 N–H and O–H groups in total. The zero-order chi connectivity index (χ0) is 16.4. The number of nitrogens with zero attached hydrogens (tertiary/aromatic N) is 4. The molecule has 0 bridgehead atoms. The van der Waals surface area contributed by atoms with Gasteiger partial charge in [-0.1, -0.05) is 12.1 Å². The molecule has 1 aromatic carbocycles. The van der Waals surface area contributed by atoms with Gasteiger partial charge in [-0.25, -0.2) is 4.98 Å². The highest BCUT2D eigenvalue weighted by Crippen LogP contribution is 2.22. The predicted molar refractivity (Wildman–Crippen MR) is 99.0 cm³/mol. The summed E-state index contributed by atoms with van der Waals surface area (Å²) in [5.74, 6) is 0. The van der Waals surface area contributed by atoms with Crippen LogP contribution in [0.5, 0.6) is 0 Å². The van der Waals surface area contributed by atoms with Crippen LogP contribution in [-0.2, 0) is 6.54 Å². The number of piperazine rings is 1. The van der Waals surface area contributed by atoms with Gasteiger partial charge < -0.3 is 4.90 Å². The standard InChI is InChI=1S/C18H20N4OS/c23-18-15-4-1-2-5-16(15)19-14-22(18)12-9-20-7-10-21(11-8-20)17-6-3-13-24-17/h1-6,13-14H,7-12H2. The fourth-order valence-corrected chi connectivity index (χ4v) is 3.94. The molecule has 6 heteroatoms. The van der Waals surface area contributed by atoms with Crippen molar-refractivity contribution in [3.05, 3.63) is 58.5 Å². The lowest BCUT2D eigenvalue weighted by molar-refractivity contribution is 0.247. The number of para-hydroxylation sites is 1. The number of hydrogen-bond acceptors (Lipinski definition) is 5. The van der Waals surface area contributed by atoms with Crippen LogP contribution in [0.4, 0.5) is 5.00 Å². The molecule has 1 aliphatic heterocycles. The van der Waals surface area contributed by atoms with E-state index >= 15 is 0 Å². The van der Waals surface area contributed by atoms with Crippen LogP contribution in [0.15, 0.2) is 52.9 Å². The Morgan fingerprint density at radius 1 is 1.00 bits per heavy atom. The van der Waals surface area contributed by atoms with E-state index < -0.39 is 0 Å². The first-order valence-electron chi connectivity index (χ1n) is 8.26. The molecular weight excluding hydrogens is 320 g/mol. The largest absolute Gasteiger partial charge is 0.361 e. The second-order valence-electron chi connectivity index (χ2n) is 6.04. The molecule has 0 unspecified atom stereocenters. The molecule has 5 nitrogen and oxygen atoms in total. The number of benzene rings is 1. The molecule has 4 rings (SSSR count). The van der Waals surface area contributed by atoms with E-state index in [4.69, 9.17) is 0 Å². The van der Waals surface area contributed by atoms with Crippen LogP contribution >= 0.6 is 11.3 Å². The molecule has 24 heavy (non-hydrogen) atoms. The first-order chi connectivity index (χ1) is 11.8. The SMILES string of the molecule is O=c1c2ccccc2ncn1CCN1CCN(c2cccs2)CC1. The minimum Gasteiger partial charge on any atom is -0.361 e. The molecule has 2 aromatic heterocycles. The topological polar surface area (TPSA) is 41.4 Å². The van der Waals surface area contributed by atoms with Gasteiger partial charge in [0.1, 0.15) is 0 Å². The van der Waals surface area contributed by atoms with Crippen LogP contribution in [0, 0.1) is 0 Å². The predicted octanol–water partition coefficient (Wildman–Crippen LogP) is 2.28. The van der Waals surface area contributed by atoms with Gasteiger partial charge in [0.2, 0.25) is 0 Å². The molecule has 0 amide bonds. The van der Waals surface area contributed by atoms with Gasteiger partial charge in [0, 0.05) is 39.3 Å². The van der Waals surface area contributed by atoms with Crippen molar-refractivity contribution in [2.75, 3.05) is 37.6 Å². The Hall–Kier alpha value is -2.18.